The highest BCUT2D eigenvalue weighted by atomic mass is 16.5. The maximum atomic E-state index is 13.3. The van der Waals surface area contributed by atoms with E-state index in [0.717, 1.165) is 62.3 Å². The van der Waals surface area contributed by atoms with E-state index in [2.05, 4.69) is 22.8 Å². The number of likely N-dealkylation sites (tertiary alicyclic amines) is 1. The van der Waals surface area contributed by atoms with Crippen LogP contribution in [0.15, 0.2) is 42.5 Å². The van der Waals surface area contributed by atoms with E-state index in [-0.39, 0.29) is 29.6 Å². The van der Waals surface area contributed by atoms with Gasteiger partial charge in [0.15, 0.2) is 11.5 Å². The van der Waals surface area contributed by atoms with Crippen molar-refractivity contribution in [2.75, 3.05) is 27.2 Å². The Morgan fingerprint density at radius 2 is 2.05 bits per heavy atom. The van der Waals surface area contributed by atoms with Crippen molar-refractivity contribution in [2.45, 2.75) is 61.8 Å². The van der Waals surface area contributed by atoms with Crippen molar-refractivity contribution >= 4 is 5.91 Å². The second kappa shape index (κ2) is 8.51. The molecule has 2 aliphatic heterocycles. The van der Waals surface area contributed by atoms with Gasteiger partial charge in [-0.05, 0) is 68.3 Å². The van der Waals surface area contributed by atoms with Gasteiger partial charge < -0.3 is 19.5 Å². The summed E-state index contributed by atoms with van der Waals surface area (Å²) >= 11 is 0. The third-order valence-corrected chi connectivity index (χ3v) is 9.87. The molecule has 192 valence electrons. The van der Waals surface area contributed by atoms with Crippen molar-refractivity contribution in [2.24, 2.45) is 11.8 Å². The number of benzene rings is 2. The molecule has 3 aliphatic carbocycles. The number of carbonyl (C=O) groups is 1. The first-order valence-corrected chi connectivity index (χ1v) is 13.6. The average Bonchev–Trinajstić information content (AvgIpc) is 3.50. The van der Waals surface area contributed by atoms with Gasteiger partial charge in [0, 0.05) is 48.0 Å². The number of nitrogens with zero attached hydrogens (tertiary/aromatic N) is 2. The van der Waals surface area contributed by atoms with Crippen molar-refractivity contribution in [3.05, 3.63) is 59.2 Å². The molecule has 1 spiro atoms. The standard InChI is InChI=1S/C31H34N2O4/c1-32(27(35)13-8-19-6-4-3-5-7-19)23-11-10-22-24-16-20-9-12-26(36-2)29-28(20)31(22,30(23)37-29)14-15-33(24)18-21-17-25(21)34/h3-7,9,12,21-25,30,34H,10-11,14-18H2,1-2H3/t21?,22-,23+,24+,25?,30-,31-/m0/s1. The van der Waals surface area contributed by atoms with Crippen LogP contribution in [0.1, 0.15) is 42.4 Å². The highest BCUT2D eigenvalue weighted by Crippen LogP contribution is 2.64. The van der Waals surface area contributed by atoms with Crippen LogP contribution in [0, 0.1) is 23.7 Å². The first-order valence-electron chi connectivity index (χ1n) is 13.6. The lowest BCUT2D eigenvalue weighted by Crippen LogP contribution is -2.69. The third kappa shape index (κ3) is 3.44. The number of ether oxygens (including phenoxy) is 2. The molecule has 0 radical (unpaired) electrons. The highest BCUT2D eigenvalue weighted by molar-refractivity contribution is 5.94. The molecule has 7 atom stereocenters. The van der Waals surface area contributed by atoms with Crippen LogP contribution in [0.4, 0.5) is 0 Å². The Morgan fingerprint density at radius 1 is 1.24 bits per heavy atom. The minimum atomic E-state index is -0.164. The molecule has 3 fully saturated rings. The molecule has 6 heteroatoms. The summed E-state index contributed by atoms with van der Waals surface area (Å²) in [4.78, 5) is 17.8. The lowest BCUT2D eigenvalue weighted by Gasteiger charge is -2.60. The van der Waals surface area contributed by atoms with Crippen LogP contribution >= 0.6 is 0 Å². The molecule has 2 aromatic rings. The molecular weight excluding hydrogens is 464 g/mol. The first-order chi connectivity index (χ1) is 18.0. The smallest absolute Gasteiger partial charge is 0.298 e. The van der Waals surface area contributed by atoms with E-state index in [9.17, 15) is 9.90 Å². The molecule has 7 rings (SSSR count). The Kier molecular flexibility index (Phi) is 5.32. The van der Waals surface area contributed by atoms with Crippen LogP contribution in [0.3, 0.4) is 0 Å². The van der Waals surface area contributed by atoms with Crippen LogP contribution < -0.4 is 9.47 Å². The summed E-state index contributed by atoms with van der Waals surface area (Å²) in [5.74, 6) is 8.32. The van der Waals surface area contributed by atoms with Crippen molar-refractivity contribution in [3.63, 3.8) is 0 Å². The Morgan fingerprint density at radius 3 is 2.81 bits per heavy atom. The zero-order chi connectivity index (χ0) is 25.3. The number of methoxy groups -OCH3 is 1. The molecule has 37 heavy (non-hydrogen) atoms. The van der Waals surface area contributed by atoms with E-state index >= 15 is 0 Å². The molecule has 2 aromatic carbocycles. The number of amides is 1. The van der Waals surface area contributed by atoms with Crippen LogP contribution in [-0.4, -0.2) is 72.4 Å². The fourth-order valence-electron chi connectivity index (χ4n) is 7.99. The SMILES string of the molecule is COc1ccc2c3c1O[C@H]1[C@H](N(C)C(=O)C#Cc4ccccc4)CC[C@H]4[C@@H](C2)N(CC2CC2O)CC[C@@]341. The van der Waals surface area contributed by atoms with Crippen LogP contribution in [-0.2, 0) is 16.6 Å². The molecule has 1 N–H and O–H groups in total. The van der Waals surface area contributed by atoms with Gasteiger partial charge in [-0.3, -0.25) is 9.69 Å². The van der Waals surface area contributed by atoms with E-state index in [0.29, 0.717) is 17.9 Å². The van der Waals surface area contributed by atoms with Gasteiger partial charge >= 0.3 is 0 Å². The largest absolute Gasteiger partial charge is 0.493 e. The maximum absolute atomic E-state index is 13.3. The summed E-state index contributed by atoms with van der Waals surface area (Å²) in [6.07, 6.45) is 4.66. The number of hydrogen-bond acceptors (Lipinski definition) is 5. The predicted octanol–water partition coefficient (Wildman–Crippen LogP) is 2.99. The molecule has 2 saturated carbocycles. The molecule has 1 amide bonds. The molecule has 5 aliphatic rings. The van der Waals surface area contributed by atoms with Gasteiger partial charge in [0.05, 0.1) is 19.3 Å². The van der Waals surface area contributed by atoms with E-state index in [1.807, 2.05) is 48.3 Å². The summed E-state index contributed by atoms with van der Waals surface area (Å²) in [5, 5.41) is 10.0. The second-order valence-corrected chi connectivity index (χ2v) is 11.6. The van der Waals surface area contributed by atoms with Crippen molar-refractivity contribution < 1.29 is 19.4 Å². The molecule has 1 saturated heterocycles. The van der Waals surface area contributed by atoms with Gasteiger partial charge in [-0.15, -0.1) is 0 Å². The molecular formula is C31H34N2O4. The number of aliphatic hydroxyl groups excluding tert-OH is 1. The Hall–Kier alpha value is -3.01. The second-order valence-electron chi connectivity index (χ2n) is 11.6. The van der Waals surface area contributed by atoms with Gasteiger partial charge in [-0.1, -0.05) is 30.2 Å². The van der Waals surface area contributed by atoms with Crippen molar-refractivity contribution in [1.82, 2.24) is 9.80 Å². The van der Waals surface area contributed by atoms with Crippen molar-refractivity contribution in [3.8, 4) is 23.3 Å². The van der Waals surface area contributed by atoms with Gasteiger partial charge in [0.1, 0.15) is 6.10 Å². The molecule has 0 aromatic heterocycles. The maximum Gasteiger partial charge on any atom is 0.298 e. The topological polar surface area (TPSA) is 62.2 Å². The van der Waals surface area contributed by atoms with Gasteiger partial charge in [-0.25, -0.2) is 0 Å². The molecule has 2 unspecified atom stereocenters. The van der Waals surface area contributed by atoms with Crippen molar-refractivity contribution in [1.29, 1.82) is 0 Å². The fraction of sp³-hybridized carbons (Fsp3) is 0.516. The number of hydrogen-bond donors (Lipinski definition) is 1. The van der Waals surface area contributed by atoms with E-state index in [1.165, 1.54) is 11.1 Å². The summed E-state index contributed by atoms with van der Waals surface area (Å²) in [6, 6.07) is 14.3. The van der Waals surface area contributed by atoms with Crippen LogP contribution in [0.5, 0.6) is 11.5 Å². The van der Waals surface area contributed by atoms with Gasteiger partial charge in [-0.2, -0.15) is 0 Å². The summed E-state index contributed by atoms with van der Waals surface area (Å²) in [7, 11) is 3.60. The van der Waals surface area contributed by atoms with E-state index in [4.69, 9.17) is 9.47 Å². The monoisotopic (exact) mass is 498 g/mol. The Labute approximate surface area is 218 Å². The molecule has 2 heterocycles. The number of aliphatic hydroxyl groups is 1. The third-order valence-electron chi connectivity index (χ3n) is 9.87. The highest BCUT2D eigenvalue weighted by Gasteiger charge is 2.66. The number of carbonyl (C=O) groups excluding carboxylic acids is 1. The Bertz CT molecular complexity index is 1300. The lowest BCUT2D eigenvalue weighted by atomic mass is 9.51. The summed E-state index contributed by atoms with van der Waals surface area (Å²) < 4.78 is 12.6. The van der Waals surface area contributed by atoms with Gasteiger partial charge in [0.2, 0.25) is 0 Å². The minimum absolute atomic E-state index is 0.0469. The number of piperidine rings is 1. The number of rotatable bonds is 4. The lowest BCUT2D eigenvalue weighted by molar-refractivity contribution is -0.134. The molecule has 2 bridgehead atoms. The minimum Gasteiger partial charge on any atom is -0.493 e. The molecule has 6 nitrogen and oxygen atoms in total. The summed E-state index contributed by atoms with van der Waals surface area (Å²) in [6.45, 7) is 1.98. The van der Waals surface area contributed by atoms with Crippen LogP contribution in [0.2, 0.25) is 0 Å². The predicted molar refractivity (Wildman–Crippen MR) is 139 cm³/mol. The fourth-order valence-corrected chi connectivity index (χ4v) is 7.99. The summed E-state index contributed by atoms with van der Waals surface area (Å²) in [5.41, 5.74) is 3.42. The van der Waals surface area contributed by atoms with E-state index in [1.54, 1.807) is 7.11 Å². The van der Waals surface area contributed by atoms with Crippen LogP contribution in [0.25, 0.3) is 0 Å². The first kappa shape index (κ1) is 23.1. The Balaban J connectivity index is 1.24. The zero-order valence-corrected chi connectivity index (χ0v) is 21.5. The van der Waals surface area contributed by atoms with E-state index < -0.39 is 0 Å². The van der Waals surface area contributed by atoms with Gasteiger partial charge in [0.25, 0.3) is 5.91 Å². The normalized spacial score (nSPS) is 34.5. The quantitative estimate of drug-likeness (QED) is 0.657. The number of likely N-dealkylation sites (N-methyl/N-ethyl adjacent to an activating group) is 1. The zero-order valence-electron chi connectivity index (χ0n) is 21.5. The average molecular weight is 499 g/mol.